The number of ketones is 1. The van der Waals surface area contributed by atoms with Gasteiger partial charge >= 0.3 is 0 Å². The summed E-state index contributed by atoms with van der Waals surface area (Å²) < 4.78 is 10.8. The number of hydrogen-bond donors (Lipinski definition) is 0. The summed E-state index contributed by atoms with van der Waals surface area (Å²) >= 11 is 0. The standard InChI is InChI=1S/C8H10O3/c1-8(2)10-6-4-3-5(9)7(6)11-8/h3-4,6-7H,1-2H3. The highest BCUT2D eigenvalue weighted by Gasteiger charge is 2.45. The molecule has 0 aromatic rings. The van der Waals surface area contributed by atoms with Gasteiger partial charge in [0.15, 0.2) is 17.7 Å². The highest BCUT2D eigenvalue weighted by Crippen LogP contribution is 2.32. The molecule has 1 heterocycles. The maximum atomic E-state index is 11.1. The predicted molar refractivity (Wildman–Crippen MR) is 38.0 cm³/mol. The number of hydrogen-bond acceptors (Lipinski definition) is 3. The first-order valence-electron chi connectivity index (χ1n) is 3.66. The second kappa shape index (κ2) is 1.93. The number of ether oxygens (including phenoxy) is 2. The van der Waals surface area contributed by atoms with E-state index < -0.39 is 5.79 Å². The van der Waals surface area contributed by atoms with Crippen LogP contribution in [0.2, 0.25) is 0 Å². The Balaban J connectivity index is 2.22. The van der Waals surface area contributed by atoms with Gasteiger partial charge in [0.1, 0.15) is 6.10 Å². The van der Waals surface area contributed by atoms with Gasteiger partial charge in [0.25, 0.3) is 0 Å². The van der Waals surface area contributed by atoms with Crippen molar-refractivity contribution in [2.24, 2.45) is 0 Å². The lowest BCUT2D eigenvalue weighted by Gasteiger charge is -2.16. The Morgan fingerprint density at radius 3 is 2.82 bits per heavy atom. The molecule has 1 saturated heterocycles. The summed E-state index contributed by atoms with van der Waals surface area (Å²) in [4.78, 5) is 11.1. The first kappa shape index (κ1) is 7.00. The Morgan fingerprint density at radius 2 is 2.18 bits per heavy atom. The molecule has 0 bridgehead atoms. The molecule has 0 aromatic carbocycles. The van der Waals surface area contributed by atoms with Crippen LogP contribution in [0.25, 0.3) is 0 Å². The first-order chi connectivity index (χ1) is 5.08. The zero-order chi connectivity index (χ0) is 8.06. The van der Waals surface area contributed by atoms with E-state index >= 15 is 0 Å². The Bertz CT molecular complexity index is 229. The quantitative estimate of drug-likeness (QED) is 0.513. The van der Waals surface area contributed by atoms with E-state index in [2.05, 4.69) is 0 Å². The predicted octanol–water partition coefficient (Wildman–Crippen LogP) is 0.645. The van der Waals surface area contributed by atoms with Crippen LogP contribution in [-0.4, -0.2) is 23.8 Å². The molecule has 60 valence electrons. The van der Waals surface area contributed by atoms with Crippen molar-refractivity contribution < 1.29 is 14.3 Å². The van der Waals surface area contributed by atoms with Crippen molar-refractivity contribution in [2.75, 3.05) is 0 Å². The molecule has 1 aliphatic heterocycles. The Morgan fingerprint density at radius 1 is 1.45 bits per heavy atom. The van der Waals surface area contributed by atoms with Gasteiger partial charge in [-0.05, 0) is 26.0 Å². The molecule has 0 saturated carbocycles. The van der Waals surface area contributed by atoms with Gasteiger partial charge in [-0.25, -0.2) is 0 Å². The molecule has 3 heteroatoms. The van der Waals surface area contributed by atoms with Gasteiger partial charge in [-0.3, -0.25) is 4.79 Å². The molecule has 0 N–H and O–H groups in total. The average Bonchev–Trinajstić information content (AvgIpc) is 2.31. The van der Waals surface area contributed by atoms with E-state index in [1.54, 1.807) is 6.08 Å². The highest BCUT2D eigenvalue weighted by atomic mass is 16.8. The van der Waals surface area contributed by atoms with Crippen molar-refractivity contribution in [2.45, 2.75) is 31.8 Å². The molecule has 0 spiro atoms. The molecule has 2 atom stereocenters. The third-order valence-electron chi connectivity index (χ3n) is 1.86. The van der Waals surface area contributed by atoms with Gasteiger partial charge in [0.05, 0.1) is 0 Å². The molecular formula is C8H10O3. The molecule has 11 heavy (non-hydrogen) atoms. The van der Waals surface area contributed by atoms with Crippen molar-refractivity contribution in [1.82, 2.24) is 0 Å². The molecule has 2 aliphatic rings. The molecule has 0 radical (unpaired) electrons. The molecule has 2 rings (SSSR count). The van der Waals surface area contributed by atoms with Gasteiger partial charge in [0, 0.05) is 0 Å². The van der Waals surface area contributed by atoms with Gasteiger partial charge in [-0.2, -0.15) is 0 Å². The van der Waals surface area contributed by atoms with Crippen LogP contribution in [0.4, 0.5) is 0 Å². The van der Waals surface area contributed by atoms with Crippen molar-refractivity contribution in [3.63, 3.8) is 0 Å². The van der Waals surface area contributed by atoms with Gasteiger partial charge < -0.3 is 9.47 Å². The van der Waals surface area contributed by atoms with Crippen LogP contribution in [-0.2, 0) is 14.3 Å². The SMILES string of the molecule is CC1(C)OC2C=CC(=O)C2O1. The number of carbonyl (C=O) groups is 1. The van der Waals surface area contributed by atoms with E-state index in [-0.39, 0.29) is 18.0 Å². The van der Waals surface area contributed by atoms with E-state index in [0.717, 1.165) is 0 Å². The van der Waals surface area contributed by atoms with Crippen LogP contribution >= 0.6 is 0 Å². The summed E-state index contributed by atoms with van der Waals surface area (Å²) in [5, 5.41) is 0. The third kappa shape index (κ3) is 1.01. The summed E-state index contributed by atoms with van der Waals surface area (Å²) in [5.41, 5.74) is 0. The maximum Gasteiger partial charge on any atom is 0.187 e. The van der Waals surface area contributed by atoms with Gasteiger partial charge in [-0.15, -0.1) is 0 Å². The van der Waals surface area contributed by atoms with E-state index in [1.165, 1.54) is 6.08 Å². The molecule has 3 nitrogen and oxygen atoms in total. The fraction of sp³-hybridized carbons (Fsp3) is 0.625. The van der Waals surface area contributed by atoms with Crippen LogP contribution in [0.1, 0.15) is 13.8 Å². The zero-order valence-electron chi connectivity index (χ0n) is 6.53. The molecule has 0 amide bonds. The lowest BCUT2D eigenvalue weighted by Crippen LogP contribution is -2.25. The van der Waals surface area contributed by atoms with Crippen LogP contribution in [0.3, 0.4) is 0 Å². The molecule has 0 aromatic heterocycles. The number of fused-ring (bicyclic) bond motifs is 1. The summed E-state index contributed by atoms with van der Waals surface area (Å²) in [5.74, 6) is -0.587. The second-order valence-corrected chi connectivity index (χ2v) is 3.28. The average molecular weight is 154 g/mol. The molecular weight excluding hydrogens is 144 g/mol. The van der Waals surface area contributed by atoms with E-state index in [4.69, 9.17) is 9.47 Å². The van der Waals surface area contributed by atoms with E-state index in [0.29, 0.717) is 0 Å². The largest absolute Gasteiger partial charge is 0.340 e. The Kier molecular flexibility index (Phi) is 1.23. The minimum Gasteiger partial charge on any atom is -0.340 e. The Hall–Kier alpha value is -0.670. The van der Waals surface area contributed by atoms with Crippen molar-refractivity contribution in [3.05, 3.63) is 12.2 Å². The topological polar surface area (TPSA) is 35.5 Å². The fourth-order valence-electron chi connectivity index (χ4n) is 1.43. The summed E-state index contributed by atoms with van der Waals surface area (Å²) in [6.45, 7) is 3.62. The minimum absolute atomic E-state index is 0.0144. The first-order valence-corrected chi connectivity index (χ1v) is 3.66. The van der Waals surface area contributed by atoms with Gasteiger partial charge in [0.2, 0.25) is 0 Å². The third-order valence-corrected chi connectivity index (χ3v) is 1.86. The smallest absolute Gasteiger partial charge is 0.187 e. The lowest BCUT2D eigenvalue weighted by atomic mass is 10.2. The number of carbonyl (C=O) groups excluding carboxylic acids is 1. The van der Waals surface area contributed by atoms with Crippen LogP contribution < -0.4 is 0 Å². The van der Waals surface area contributed by atoms with Crippen LogP contribution in [0.15, 0.2) is 12.2 Å². The Labute approximate surface area is 65.0 Å². The molecule has 1 aliphatic carbocycles. The lowest BCUT2D eigenvalue weighted by molar-refractivity contribution is -0.152. The maximum absolute atomic E-state index is 11.1. The summed E-state index contributed by atoms with van der Waals surface area (Å²) in [6, 6.07) is 0. The highest BCUT2D eigenvalue weighted by molar-refractivity contribution is 5.97. The van der Waals surface area contributed by atoms with Crippen LogP contribution in [0, 0.1) is 0 Å². The molecule has 2 unspecified atom stereocenters. The van der Waals surface area contributed by atoms with Crippen molar-refractivity contribution >= 4 is 5.78 Å². The molecule has 1 fully saturated rings. The zero-order valence-corrected chi connectivity index (χ0v) is 6.53. The second-order valence-electron chi connectivity index (χ2n) is 3.28. The monoisotopic (exact) mass is 154 g/mol. The summed E-state index contributed by atoms with van der Waals surface area (Å²) in [6.07, 6.45) is 2.73. The number of rotatable bonds is 0. The normalized spacial score (nSPS) is 39.6. The van der Waals surface area contributed by atoms with Crippen LogP contribution in [0.5, 0.6) is 0 Å². The minimum atomic E-state index is -0.601. The van der Waals surface area contributed by atoms with E-state index in [9.17, 15) is 4.79 Å². The van der Waals surface area contributed by atoms with Crippen molar-refractivity contribution in [1.29, 1.82) is 0 Å². The van der Waals surface area contributed by atoms with E-state index in [1.807, 2.05) is 13.8 Å². The summed E-state index contributed by atoms with van der Waals surface area (Å²) in [7, 11) is 0. The van der Waals surface area contributed by atoms with Gasteiger partial charge in [-0.1, -0.05) is 0 Å². The fourth-order valence-corrected chi connectivity index (χ4v) is 1.43. The van der Waals surface area contributed by atoms with Crippen molar-refractivity contribution in [3.8, 4) is 0 Å².